The summed E-state index contributed by atoms with van der Waals surface area (Å²) in [6.45, 7) is 5.59. The summed E-state index contributed by atoms with van der Waals surface area (Å²) in [6.07, 6.45) is 2.93. The summed E-state index contributed by atoms with van der Waals surface area (Å²) in [7, 11) is 4.02. The first-order valence-electron chi connectivity index (χ1n) is 9.63. The van der Waals surface area contributed by atoms with E-state index in [4.69, 9.17) is 4.99 Å². The Kier molecular flexibility index (Phi) is 6.52. The Bertz CT molecular complexity index is 743. The molecule has 0 amide bonds. The lowest BCUT2D eigenvalue weighted by atomic mass is 10.2. The van der Waals surface area contributed by atoms with Gasteiger partial charge in [-0.2, -0.15) is 0 Å². The van der Waals surface area contributed by atoms with Gasteiger partial charge >= 0.3 is 0 Å². The molecule has 0 bridgehead atoms. The number of pyridine rings is 1. The van der Waals surface area contributed by atoms with E-state index >= 15 is 0 Å². The maximum Gasteiger partial charge on any atom is 0.191 e. The highest BCUT2D eigenvalue weighted by atomic mass is 15.2. The minimum Gasteiger partial charge on any atom is -0.369 e. The highest BCUT2D eigenvalue weighted by Crippen LogP contribution is 2.20. The molecule has 2 heterocycles. The predicted octanol–water partition coefficient (Wildman–Crippen LogP) is 2.48. The summed E-state index contributed by atoms with van der Waals surface area (Å²) in [5.74, 6) is 1.83. The van der Waals surface area contributed by atoms with Crippen molar-refractivity contribution in [3.63, 3.8) is 0 Å². The highest BCUT2D eigenvalue weighted by molar-refractivity contribution is 5.80. The number of anilines is 2. The third-order valence-electron chi connectivity index (χ3n) is 4.69. The number of para-hydroxylation sites is 1. The maximum absolute atomic E-state index is 4.80. The van der Waals surface area contributed by atoms with Crippen LogP contribution in [0.3, 0.4) is 0 Å². The van der Waals surface area contributed by atoms with Crippen molar-refractivity contribution in [1.82, 2.24) is 15.6 Å². The van der Waals surface area contributed by atoms with Gasteiger partial charge in [-0.25, -0.2) is 9.98 Å². The quantitative estimate of drug-likeness (QED) is 0.608. The lowest BCUT2D eigenvalue weighted by molar-refractivity contribution is 0.649. The molecule has 1 aliphatic heterocycles. The van der Waals surface area contributed by atoms with Gasteiger partial charge in [0.2, 0.25) is 0 Å². The van der Waals surface area contributed by atoms with E-state index in [1.54, 1.807) is 0 Å². The van der Waals surface area contributed by atoms with E-state index in [9.17, 15) is 0 Å². The van der Waals surface area contributed by atoms with Gasteiger partial charge in [-0.1, -0.05) is 24.3 Å². The second-order valence-corrected chi connectivity index (χ2v) is 6.99. The van der Waals surface area contributed by atoms with Crippen molar-refractivity contribution < 1.29 is 0 Å². The van der Waals surface area contributed by atoms with Crippen molar-refractivity contribution in [1.29, 1.82) is 0 Å². The predicted molar refractivity (Wildman–Crippen MR) is 114 cm³/mol. The van der Waals surface area contributed by atoms with Gasteiger partial charge in [0, 0.05) is 57.2 Å². The fourth-order valence-electron chi connectivity index (χ4n) is 3.39. The number of rotatable bonds is 6. The fourth-order valence-corrected chi connectivity index (χ4v) is 3.39. The molecule has 0 aliphatic carbocycles. The third-order valence-corrected chi connectivity index (χ3v) is 4.69. The molecule has 144 valence electrons. The molecule has 1 unspecified atom stereocenters. The fraction of sp³-hybridized carbons (Fsp3) is 0.429. The molecule has 3 rings (SSSR count). The maximum atomic E-state index is 4.80. The average molecular weight is 367 g/mol. The Labute approximate surface area is 162 Å². The summed E-state index contributed by atoms with van der Waals surface area (Å²) in [5.41, 5.74) is 2.41. The van der Waals surface area contributed by atoms with Gasteiger partial charge in [-0.15, -0.1) is 0 Å². The first-order chi connectivity index (χ1) is 13.2. The Hall–Kier alpha value is -2.76. The molecule has 1 atom stereocenters. The van der Waals surface area contributed by atoms with Gasteiger partial charge in [-0.05, 0) is 31.5 Å². The molecule has 6 heteroatoms. The summed E-state index contributed by atoms with van der Waals surface area (Å²) in [5, 5.41) is 6.97. The van der Waals surface area contributed by atoms with Crippen molar-refractivity contribution in [3.8, 4) is 0 Å². The van der Waals surface area contributed by atoms with Gasteiger partial charge in [0.1, 0.15) is 5.82 Å². The van der Waals surface area contributed by atoms with Crippen LogP contribution in [-0.4, -0.2) is 50.7 Å². The van der Waals surface area contributed by atoms with E-state index in [1.165, 1.54) is 5.69 Å². The molecule has 1 aliphatic rings. The standard InChI is InChI=1S/C21H30N6/c1-4-22-21(24-15-17-9-8-13-23-20(17)26(2)3)25-18-12-14-27(16-18)19-10-6-5-7-11-19/h5-11,13,18H,4,12,14-16H2,1-3H3,(H2,22,24,25). The zero-order chi connectivity index (χ0) is 19.1. The number of guanidine groups is 1. The molecule has 0 saturated carbocycles. The molecule has 6 nitrogen and oxygen atoms in total. The molecular weight excluding hydrogens is 336 g/mol. The molecule has 1 fully saturated rings. The van der Waals surface area contributed by atoms with Crippen molar-refractivity contribution in [2.75, 3.05) is 43.5 Å². The number of aliphatic imine (C=N–C) groups is 1. The number of benzene rings is 1. The van der Waals surface area contributed by atoms with Gasteiger partial charge in [-0.3, -0.25) is 0 Å². The minimum atomic E-state index is 0.394. The Morgan fingerprint density at radius 1 is 1.22 bits per heavy atom. The summed E-state index contributed by atoms with van der Waals surface area (Å²) < 4.78 is 0. The number of nitrogens with zero attached hydrogens (tertiary/aromatic N) is 4. The van der Waals surface area contributed by atoms with Crippen LogP contribution in [0.4, 0.5) is 11.5 Å². The largest absolute Gasteiger partial charge is 0.369 e. The van der Waals surface area contributed by atoms with Crippen LogP contribution in [0.2, 0.25) is 0 Å². The third kappa shape index (κ3) is 5.12. The minimum absolute atomic E-state index is 0.394. The lowest BCUT2D eigenvalue weighted by Gasteiger charge is -2.20. The Balaban J connectivity index is 1.63. The smallest absolute Gasteiger partial charge is 0.191 e. The molecule has 0 spiro atoms. The Morgan fingerprint density at radius 3 is 2.78 bits per heavy atom. The molecule has 27 heavy (non-hydrogen) atoms. The van der Waals surface area contributed by atoms with E-state index in [1.807, 2.05) is 31.3 Å². The van der Waals surface area contributed by atoms with Crippen LogP contribution in [0.25, 0.3) is 0 Å². The molecule has 1 saturated heterocycles. The summed E-state index contributed by atoms with van der Waals surface area (Å²) in [6, 6.07) is 15.0. The van der Waals surface area contributed by atoms with Gasteiger partial charge < -0.3 is 20.4 Å². The number of nitrogens with one attached hydrogen (secondary N) is 2. The monoisotopic (exact) mass is 366 g/mol. The van der Waals surface area contributed by atoms with E-state index < -0.39 is 0 Å². The zero-order valence-electron chi connectivity index (χ0n) is 16.5. The van der Waals surface area contributed by atoms with Crippen molar-refractivity contribution in [3.05, 3.63) is 54.2 Å². The van der Waals surface area contributed by atoms with Crippen molar-refractivity contribution >= 4 is 17.5 Å². The van der Waals surface area contributed by atoms with E-state index in [0.717, 1.165) is 43.4 Å². The molecular formula is C21H30N6. The molecule has 2 N–H and O–H groups in total. The molecule has 0 radical (unpaired) electrons. The number of hydrogen-bond acceptors (Lipinski definition) is 4. The van der Waals surface area contributed by atoms with Crippen LogP contribution >= 0.6 is 0 Å². The zero-order valence-corrected chi connectivity index (χ0v) is 16.5. The number of hydrogen-bond donors (Lipinski definition) is 2. The summed E-state index contributed by atoms with van der Waals surface area (Å²) in [4.78, 5) is 13.7. The van der Waals surface area contributed by atoms with Crippen LogP contribution in [-0.2, 0) is 6.54 Å². The van der Waals surface area contributed by atoms with Crippen LogP contribution in [0.15, 0.2) is 53.7 Å². The van der Waals surface area contributed by atoms with Gasteiger partial charge in [0.15, 0.2) is 5.96 Å². The normalized spacial score (nSPS) is 17.1. The average Bonchev–Trinajstić information content (AvgIpc) is 3.16. The van der Waals surface area contributed by atoms with Gasteiger partial charge in [0.25, 0.3) is 0 Å². The van der Waals surface area contributed by atoms with Gasteiger partial charge in [0.05, 0.1) is 6.54 Å². The second-order valence-electron chi connectivity index (χ2n) is 6.99. The van der Waals surface area contributed by atoms with Crippen LogP contribution < -0.4 is 20.4 Å². The van der Waals surface area contributed by atoms with Crippen LogP contribution in [0.1, 0.15) is 18.9 Å². The van der Waals surface area contributed by atoms with Crippen molar-refractivity contribution in [2.45, 2.75) is 25.9 Å². The number of aromatic nitrogens is 1. The second kappa shape index (κ2) is 9.26. The molecule has 2 aromatic rings. The SMILES string of the molecule is CCNC(=NCc1cccnc1N(C)C)NC1CCN(c2ccccc2)C1. The highest BCUT2D eigenvalue weighted by Gasteiger charge is 2.23. The van der Waals surface area contributed by atoms with E-state index in [0.29, 0.717) is 12.6 Å². The summed E-state index contributed by atoms with van der Waals surface area (Å²) >= 11 is 0. The first kappa shape index (κ1) is 19.0. The lowest BCUT2D eigenvalue weighted by Crippen LogP contribution is -2.44. The molecule has 1 aromatic heterocycles. The molecule has 1 aromatic carbocycles. The van der Waals surface area contributed by atoms with Crippen molar-refractivity contribution in [2.24, 2.45) is 4.99 Å². The van der Waals surface area contributed by atoms with E-state index in [-0.39, 0.29) is 0 Å². The van der Waals surface area contributed by atoms with Crippen LogP contribution in [0.5, 0.6) is 0 Å². The van der Waals surface area contributed by atoms with E-state index in [2.05, 4.69) is 63.8 Å². The first-order valence-corrected chi connectivity index (χ1v) is 9.63. The Morgan fingerprint density at radius 2 is 2.04 bits per heavy atom. The van der Waals surface area contributed by atoms with Crippen LogP contribution in [0, 0.1) is 0 Å². The topological polar surface area (TPSA) is 55.8 Å².